The Morgan fingerprint density at radius 1 is 1.04 bits per heavy atom. The normalized spacial score (nSPS) is 12.7. The number of carbonyl (C=O) groups is 3. The second kappa shape index (κ2) is 8.44. The van der Waals surface area contributed by atoms with Crippen molar-refractivity contribution >= 4 is 23.5 Å². The number of rotatable bonds is 6. The first-order chi connectivity index (χ1) is 12.7. The van der Waals surface area contributed by atoms with Crippen LogP contribution in [-0.2, 0) is 4.79 Å². The standard InChI is InChI=1S/C20H21FN2O4/c1-11-8-9-14(18(24)22-13(3)12(2)20(26)27)10-17(11)23-19(25)15-6-4-5-7-16(15)21/h4-10,12-13H,1-3H3,(H,22,24)(H,23,25)(H,26,27). The average Bonchev–Trinajstić information content (AvgIpc) is 2.62. The molecule has 0 saturated heterocycles. The molecule has 7 heteroatoms. The number of halogens is 1. The summed E-state index contributed by atoms with van der Waals surface area (Å²) in [7, 11) is 0. The van der Waals surface area contributed by atoms with E-state index in [2.05, 4.69) is 10.6 Å². The van der Waals surface area contributed by atoms with Gasteiger partial charge in [-0.3, -0.25) is 14.4 Å². The van der Waals surface area contributed by atoms with Gasteiger partial charge in [0.1, 0.15) is 5.82 Å². The Morgan fingerprint density at radius 3 is 2.33 bits per heavy atom. The predicted molar refractivity (Wildman–Crippen MR) is 99.3 cm³/mol. The van der Waals surface area contributed by atoms with Crippen molar-refractivity contribution in [1.82, 2.24) is 5.32 Å². The number of benzene rings is 2. The van der Waals surface area contributed by atoms with Gasteiger partial charge in [-0.2, -0.15) is 0 Å². The molecule has 0 spiro atoms. The molecule has 0 fully saturated rings. The maximum Gasteiger partial charge on any atom is 0.308 e. The monoisotopic (exact) mass is 372 g/mol. The molecule has 27 heavy (non-hydrogen) atoms. The average molecular weight is 372 g/mol. The lowest BCUT2D eigenvalue weighted by molar-refractivity contribution is -0.141. The number of aryl methyl sites for hydroxylation is 1. The Kier molecular flexibility index (Phi) is 6.28. The molecule has 0 aromatic heterocycles. The van der Waals surface area contributed by atoms with E-state index in [0.29, 0.717) is 11.3 Å². The van der Waals surface area contributed by atoms with E-state index in [1.54, 1.807) is 32.0 Å². The smallest absolute Gasteiger partial charge is 0.308 e. The summed E-state index contributed by atoms with van der Waals surface area (Å²) in [6.45, 7) is 4.85. The quantitative estimate of drug-likeness (QED) is 0.725. The Labute approximate surface area is 156 Å². The van der Waals surface area contributed by atoms with Crippen molar-refractivity contribution in [2.75, 3.05) is 5.32 Å². The lowest BCUT2D eigenvalue weighted by atomic mass is 10.0. The summed E-state index contributed by atoms with van der Waals surface area (Å²) >= 11 is 0. The van der Waals surface area contributed by atoms with Crippen molar-refractivity contribution in [2.45, 2.75) is 26.8 Å². The first-order valence-corrected chi connectivity index (χ1v) is 8.41. The molecule has 2 unspecified atom stereocenters. The Balaban J connectivity index is 2.18. The number of carboxylic acid groups (broad SMARTS) is 1. The predicted octanol–water partition coefficient (Wildman–Crippen LogP) is 3.23. The van der Waals surface area contributed by atoms with Crippen LogP contribution in [-0.4, -0.2) is 28.9 Å². The highest BCUT2D eigenvalue weighted by atomic mass is 19.1. The summed E-state index contributed by atoms with van der Waals surface area (Å²) in [6.07, 6.45) is 0. The largest absolute Gasteiger partial charge is 0.481 e. The molecule has 142 valence electrons. The molecule has 2 aromatic rings. The minimum atomic E-state index is -1.01. The van der Waals surface area contributed by atoms with Crippen molar-refractivity contribution in [3.63, 3.8) is 0 Å². The van der Waals surface area contributed by atoms with E-state index >= 15 is 0 Å². The van der Waals surface area contributed by atoms with Crippen molar-refractivity contribution in [3.8, 4) is 0 Å². The zero-order valence-corrected chi connectivity index (χ0v) is 15.2. The highest BCUT2D eigenvalue weighted by Crippen LogP contribution is 2.19. The van der Waals surface area contributed by atoms with Gasteiger partial charge in [0.25, 0.3) is 11.8 Å². The summed E-state index contributed by atoms with van der Waals surface area (Å²) in [4.78, 5) is 35.7. The third kappa shape index (κ3) is 4.91. The molecular formula is C20H21FN2O4. The fourth-order valence-corrected chi connectivity index (χ4v) is 2.36. The van der Waals surface area contributed by atoms with Gasteiger partial charge in [-0.1, -0.05) is 18.2 Å². The van der Waals surface area contributed by atoms with Gasteiger partial charge >= 0.3 is 5.97 Å². The van der Waals surface area contributed by atoms with Crippen LogP contribution >= 0.6 is 0 Å². The Hall–Kier alpha value is -3.22. The van der Waals surface area contributed by atoms with Crippen LogP contribution in [0.25, 0.3) is 0 Å². The highest BCUT2D eigenvalue weighted by molar-refractivity contribution is 6.05. The van der Waals surface area contributed by atoms with Crippen LogP contribution in [0.3, 0.4) is 0 Å². The topological polar surface area (TPSA) is 95.5 Å². The van der Waals surface area contributed by atoms with Gasteiger partial charge in [-0.05, 0) is 50.6 Å². The maximum atomic E-state index is 13.8. The van der Waals surface area contributed by atoms with Crippen LogP contribution in [0.5, 0.6) is 0 Å². The van der Waals surface area contributed by atoms with Gasteiger partial charge < -0.3 is 15.7 Å². The summed E-state index contributed by atoms with van der Waals surface area (Å²) < 4.78 is 13.8. The van der Waals surface area contributed by atoms with Crippen LogP contribution in [0, 0.1) is 18.7 Å². The van der Waals surface area contributed by atoms with Crippen LogP contribution in [0.4, 0.5) is 10.1 Å². The molecule has 0 radical (unpaired) electrons. The van der Waals surface area contributed by atoms with Gasteiger partial charge in [-0.15, -0.1) is 0 Å². The fourth-order valence-electron chi connectivity index (χ4n) is 2.36. The second-order valence-electron chi connectivity index (χ2n) is 6.35. The second-order valence-corrected chi connectivity index (χ2v) is 6.35. The molecule has 0 aliphatic heterocycles. The number of carbonyl (C=O) groups excluding carboxylic acids is 2. The molecule has 0 aliphatic carbocycles. The third-order valence-corrected chi connectivity index (χ3v) is 4.36. The minimum Gasteiger partial charge on any atom is -0.481 e. The molecule has 0 aliphatic rings. The number of amides is 2. The molecule has 2 aromatic carbocycles. The third-order valence-electron chi connectivity index (χ3n) is 4.36. The molecule has 2 rings (SSSR count). The van der Waals surface area contributed by atoms with Gasteiger partial charge in [0.2, 0.25) is 0 Å². The van der Waals surface area contributed by atoms with Crippen LogP contribution in [0.15, 0.2) is 42.5 Å². The molecule has 0 saturated carbocycles. The van der Waals surface area contributed by atoms with Crippen molar-refractivity contribution in [2.24, 2.45) is 5.92 Å². The van der Waals surface area contributed by atoms with E-state index < -0.39 is 35.6 Å². The van der Waals surface area contributed by atoms with Crippen LogP contribution < -0.4 is 10.6 Å². The lowest BCUT2D eigenvalue weighted by Crippen LogP contribution is -2.40. The zero-order chi connectivity index (χ0) is 20.1. The van der Waals surface area contributed by atoms with E-state index in [0.717, 1.165) is 0 Å². The Morgan fingerprint density at radius 2 is 1.70 bits per heavy atom. The molecule has 0 heterocycles. The van der Waals surface area contributed by atoms with E-state index in [1.807, 2.05) is 0 Å². The van der Waals surface area contributed by atoms with Gasteiger partial charge in [0.05, 0.1) is 11.5 Å². The summed E-state index contributed by atoms with van der Waals surface area (Å²) in [5, 5.41) is 14.2. The summed E-state index contributed by atoms with van der Waals surface area (Å²) in [5.74, 6) is -3.49. The van der Waals surface area contributed by atoms with Gasteiger partial charge in [0.15, 0.2) is 0 Å². The number of nitrogens with one attached hydrogen (secondary N) is 2. The molecular weight excluding hydrogens is 351 g/mol. The number of hydrogen-bond acceptors (Lipinski definition) is 3. The number of aliphatic carboxylic acids is 1. The highest BCUT2D eigenvalue weighted by Gasteiger charge is 2.22. The molecule has 2 atom stereocenters. The molecule has 2 amide bonds. The van der Waals surface area contributed by atoms with Gasteiger partial charge in [0, 0.05) is 17.3 Å². The molecule has 6 nitrogen and oxygen atoms in total. The van der Waals surface area contributed by atoms with E-state index in [9.17, 15) is 18.8 Å². The molecule has 3 N–H and O–H groups in total. The van der Waals surface area contributed by atoms with Crippen molar-refractivity contribution < 1.29 is 23.9 Å². The van der Waals surface area contributed by atoms with Crippen LogP contribution in [0.2, 0.25) is 0 Å². The van der Waals surface area contributed by atoms with Crippen molar-refractivity contribution in [3.05, 3.63) is 65.0 Å². The first kappa shape index (κ1) is 20.1. The van der Waals surface area contributed by atoms with Gasteiger partial charge in [-0.25, -0.2) is 4.39 Å². The fraction of sp³-hybridized carbons (Fsp3) is 0.250. The van der Waals surface area contributed by atoms with E-state index in [4.69, 9.17) is 5.11 Å². The summed E-state index contributed by atoms with van der Waals surface area (Å²) in [5.41, 5.74) is 1.22. The van der Waals surface area contributed by atoms with E-state index in [1.165, 1.54) is 31.2 Å². The Bertz CT molecular complexity index is 882. The first-order valence-electron chi connectivity index (χ1n) is 8.41. The number of carboxylic acids is 1. The van der Waals surface area contributed by atoms with Crippen molar-refractivity contribution in [1.29, 1.82) is 0 Å². The lowest BCUT2D eigenvalue weighted by Gasteiger charge is -2.18. The zero-order valence-electron chi connectivity index (χ0n) is 15.2. The van der Waals surface area contributed by atoms with Crippen LogP contribution in [0.1, 0.15) is 40.1 Å². The SMILES string of the molecule is Cc1ccc(C(=O)NC(C)C(C)C(=O)O)cc1NC(=O)c1ccccc1F. The molecule has 0 bridgehead atoms. The number of hydrogen-bond donors (Lipinski definition) is 3. The summed E-state index contributed by atoms with van der Waals surface area (Å²) in [6, 6.07) is 9.72. The maximum absolute atomic E-state index is 13.8. The minimum absolute atomic E-state index is 0.101. The van der Waals surface area contributed by atoms with E-state index in [-0.39, 0.29) is 11.1 Å². The number of anilines is 1.